The van der Waals surface area contributed by atoms with Crippen molar-refractivity contribution in [3.63, 3.8) is 0 Å². The molecular weight excluding hydrogens is 203 g/mol. The van der Waals surface area contributed by atoms with Crippen molar-refractivity contribution in [1.29, 1.82) is 0 Å². The molecule has 2 fully saturated rings. The minimum Gasteiger partial charge on any atom is -0.299 e. The zero-order valence-electron chi connectivity index (χ0n) is 10.9. The fourth-order valence-electron chi connectivity index (χ4n) is 3.06. The van der Waals surface area contributed by atoms with E-state index >= 15 is 0 Å². The van der Waals surface area contributed by atoms with E-state index in [0.717, 1.165) is 19.3 Å². The number of alkyl halides is 1. The van der Waals surface area contributed by atoms with Crippen LogP contribution in [0.4, 0.5) is 4.39 Å². The SMILES string of the molecule is CC1(F)CCC2(CC1)CC2C(=O)C(C)(C)C. The fourth-order valence-corrected chi connectivity index (χ4v) is 3.06. The molecule has 2 heteroatoms. The van der Waals surface area contributed by atoms with Crippen LogP contribution in [0.3, 0.4) is 0 Å². The lowest BCUT2D eigenvalue weighted by atomic mass is 9.75. The molecule has 0 aromatic heterocycles. The minimum atomic E-state index is -0.983. The van der Waals surface area contributed by atoms with Gasteiger partial charge in [0.25, 0.3) is 0 Å². The Kier molecular flexibility index (Phi) is 2.49. The molecule has 0 N–H and O–H groups in total. The number of rotatable bonds is 1. The van der Waals surface area contributed by atoms with Crippen LogP contribution >= 0.6 is 0 Å². The topological polar surface area (TPSA) is 17.1 Å². The number of hydrogen-bond acceptors (Lipinski definition) is 1. The molecule has 0 aromatic carbocycles. The van der Waals surface area contributed by atoms with Crippen LogP contribution in [-0.2, 0) is 4.79 Å². The molecule has 2 rings (SSSR count). The highest BCUT2D eigenvalue weighted by atomic mass is 19.1. The molecule has 0 aliphatic heterocycles. The number of hydrogen-bond donors (Lipinski definition) is 0. The van der Waals surface area contributed by atoms with E-state index < -0.39 is 5.67 Å². The van der Waals surface area contributed by atoms with Crippen LogP contribution in [0.5, 0.6) is 0 Å². The first-order valence-corrected chi connectivity index (χ1v) is 6.40. The van der Waals surface area contributed by atoms with Crippen molar-refractivity contribution < 1.29 is 9.18 Å². The second kappa shape index (κ2) is 3.30. The van der Waals surface area contributed by atoms with Crippen molar-refractivity contribution >= 4 is 5.78 Å². The Bertz CT molecular complexity index is 301. The van der Waals surface area contributed by atoms with Crippen LogP contribution in [0.1, 0.15) is 59.8 Å². The predicted molar refractivity (Wildman–Crippen MR) is 63.0 cm³/mol. The average molecular weight is 226 g/mol. The van der Waals surface area contributed by atoms with Gasteiger partial charge in [0.15, 0.2) is 0 Å². The number of carbonyl (C=O) groups is 1. The molecule has 0 radical (unpaired) electrons. The van der Waals surface area contributed by atoms with E-state index in [1.165, 1.54) is 0 Å². The van der Waals surface area contributed by atoms with Gasteiger partial charge >= 0.3 is 0 Å². The van der Waals surface area contributed by atoms with E-state index in [9.17, 15) is 9.18 Å². The van der Waals surface area contributed by atoms with Crippen LogP contribution in [0.15, 0.2) is 0 Å². The molecule has 0 amide bonds. The average Bonchev–Trinajstić information content (AvgIpc) is 2.84. The molecule has 16 heavy (non-hydrogen) atoms. The predicted octanol–water partition coefficient (Wildman–Crippen LogP) is 3.91. The van der Waals surface area contributed by atoms with Crippen LogP contribution in [-0.4, -0.2) is 11.5 Å². The largest absolute Gasteiger partial charge is 0.299 e. The molecule has 1 spiro atoms. The number of carbonyl (C=O) groups excluding carboxylic acids is 1. The second-order valence-corrected chi connectivity index (χ2v) is 7.15. The first-order chi connectivity index (χ1) is 7.16. The van der Waals surface area contributed by atoms with Gasteiger partial charge in [0.1, 0.15) is 11.5 Å². The van der Waals surface area contributed by atoms with Gasteiger partial charge in [-0.3, -0.25) is 4.79 Å². The summed E-state index contributed by atoms with van der Waals surface area (Å²) in [5, 5.41) is 0. The third-order valence-corrected chi connectivity index (χ3v) is 4.53. The number of halogens is 1. The smallest absolute Gasteiger partial charge is 0.141 e. The molecule has 0 heterocycles. The van der Waals surface area contributed by atoms with Crippen molar-refractivity contribution in [2.45, 2.75) is 65.5 Å². The summed E-state index contributed by atoms with van der Waals surface area (Å²) in [6.07, 6.45) is 4.11. The maximum atomic E-state index is 13.7. The van der Waals surface area contributed by atoms with E-state index in [4.69, 9.17) is 0 Å². The first kappa shape index (κ1) is 12.1. The third kappa shape index (κ3) is 2.03. The Balaban J connectivity index is 1.99. The third-order valence-electron chi connectivity index (χ3n) is 4.53. The maximum Gasteiger partial charge on any atom is 0.141 e. The normalized spacial score (nSPS) is 43.4. The van der Waals surface area contributed by atoms with Crippen LogP contribution < -0.4 is 0 Å². The first-order valence-electron chi connectivity index (χ1n) is 6.40. The Morgan fingerprint density at radius 2 is 1.69 bits per heavy atom. The van der Waals surface area contributed by atoms with Gasteiger partial charge in [-0.05, 0) is 44.4 Å². The van der Waals surface area contributed by atoms with E-state index in [1.807, 2.05) is 20.8 Å². The molecular formula is C14H23FO. The van der Waals surface area contributed by atoms with Crippen LogP contribution in [0.25, 0.3) is 0 Å². The fraction of sp³-hybridized carbons (Fsp3) is 0.929. The molecule has 2 aliphatic carbocycles. The molecule has 2 aliphatic rings. The van der Waals surface area contributed by atoms with Gasteiger partial charge in [-0.2, -0.15) is 0 Å². The zero-order chi connectivity index (χ0) is 12.2. The quantitative estimate of drug-likeness (QED) is 0.662. The molecule has 1 atom stereocenters. The molecule has 2 saturated carbocycles. The van der Waals surface area contributed by atoms with E-state index in [1.54, 1.807) is 6.92 Å². The molecule has 1 nitrogen and oxygen atoms in total. The van der Waals surface area contributed by atoms with Gasteiger partial charge in [-0.1, -0.05) is 20.8 Å². The van der Waals surface area contributed by atoms with Gasteiger partial charge in [-0.25, -0.2) is 4.39 Å². The van der Waals surface area contributed by atoms with Crippen molar-refractivity contribution in [3.05, 3.63) is 0 Å². The summed E-state index contributed by atoms with van der Waals surface area (Å²) in [6.45, 7) is 7.67. The molecule has 92 valence electrons. The minimum absolute atomic E-state index is 0.190. The number of Topliss-reactive ketones (excluding diaryl/α,β-unsaturated/α-hetero) is 1. The zero-order valence-corrected chi connectivity index (χ0v) is 10.9. The monoisotopic (exact) mass is 226 g/mol. The van der Waals surface area contributed by atoms with E-state index in [0.29, 0.717) is 18.6 Å². The van der Waals surface area contributed by atoms with Gasteiger partial charge < -0.3 is 0 Å². The Hall–Kier alpha value is -0.400. The van der Waals surface area contributed by atoms with Crippen LogP contribution in [0.2, 0.25) is 0 Å². The van der Waals surface area contributed by atoms with Gasteiger partial charge in [0, 0.05) is 11.3 Å². The highest BCUT2D eigenvalue weighted by Gasteiger charge is 2.60. The van der Waals surface area contributed by atoms with E-state index in [2.05, 4.69) is 0 Å². The Morgan fingerprint density at radius 1 is 1.19 bits per heavy atom. The molecule has 0 bridgehead atoms. The summed E-state index contributed by atoms with van der Waals surface area (Å²) >= 11 is 0. The lowest BCUT2D eigenvalue weighted by Crippen LogP contribution is -2.31. The van der Waals surface area contributed by atoms with Crippen LogP contribution in [0, 0.1) is 16.7 Å². The second-order valence-electron chi connectivity index (χ2n) is 7.15. The summed E-state index contributed by atoms with van der Waals surface area (Å²) in [5.74, 6) is 0.610. The molecule has 0 saturated heterocycles. The maximum absolute atomic E-state index is 13.7. The molecule has 0 aromatic rings. The summed E-state index contributed by atoms with van der Waals surface area (Å²) in [4.78, 5) is 12.2. The van der Waals surface area contributed by atoms with Gasteiger partial charge in [0.05, 0.1) is 0 Å². The molecule has 1 unspecified atom stereocenters. The number of ketones is 1. The van der Waals surface area contributed by atoms with Crippen molar-refractivity contribution in [2.24, 2.45) is 16.7 Å². The summed E-state index contributed by atoms with van der Waals surface area (Å²) < 4.78 is 13.7. The Labute approximate surface area is 97.8 Å². The standard InChI is InChI=1S/C14H23FO/c1-12(2,3)11(16)10-9-14(10)7-5-13(4,15)6-8-14/h10H,5-9H2,1-4H3. The van der Waals surface area contributed by atoms with Crippen molar-refractivity contribution in [3.8, 4) is 0 Å². The lowest BCUT2D eigenvalue weighted by Gasteiger charge is -2.32. The Morgan fingerprint density at radius 3 is 2.12 bits per heavy atom. The summed E-state index contributed by atoms with van der Waals surface area (Å²) in [7, 11) is 0. The summed E-state index contributed by atoms with van der Waals surface area (Å²) in [6, 6.07) is 0. The highest BCUT2D eigenvalue weighted by Crippen LogP contribution is 2.64. The van der Waals surface area contributed by atoms with Gasteiger partial charge in [0.2, 0.25) is 0 Å². The van der Waals surface area contributed by atoms with Crippen molar-refractivity contribution in [1.82, 2.24) is 0 Å². The van der Waals surface area contributed by atoms with Crippen molar-refractivity contribution in [2.75, 3.05) is 0 Å². The van der Waals surface area contributed by atoms with E-state index in [-0.39, 0.29) is 16.7 Å². The van der Waals surface area contributed by atoms with Gasteiger partial charge in [-0.15, -0.1) is 0 Å². The lowest BCUT2D eigenvalue weighted by molar-refractivity contribution is -0.128. The summed E-state index contributed by atoms with van der Waals surface area (Å²) in [5.41, 5.74) is -1.02. The highest BCUT2D eigenvalue weighted by molar-refractivity contribution is 5.89.